The summed E-state index contributed by atoms with van der Waals surface area (Å²) < 4.78 is 0. The first-order valence-electron chi connectivity index (χ1n) is 6.34. The van der Waals surface area contributed by atoms with Crippen LogP contribution in [0.5, 0.6) is 0 Å². The molecule has 1 aromatic carbocycles. The maximum absolute atomic E-state index is 11.9. The Labute approximate surface area is 108 Å². The lowest BCUT2D eigenvalue weighted by Crippen LogP contribution is -2.20. The zero-order valence-corrected chi connectivity index (χ0v) is 11.2. The zero-order chi connectivity index (χ0) is 13.2. The number of nitrogens with zero attached hydrogens (tertiary/aromatic N) is 1. The van der Waals surface area contributed by atoms with Crippen LogP contribution in [0.1, 0.15) is 32.8 Å². The topological polar surface area (TPSA) is 30.0 Å². The van der Waals surface area contributed by atoms with E-state index >= 15 is 0 Å². The Kier molecular flexibility index (Phi) is 3.46. The van der Waals surface area contributed by atoms with Crippen molar-refractivity contribution in [1.29, 1.82) is 0 Å². The summed E-state index contributed by atoms with van der Waals surface area (Å²) >= 11 is 0. The molecule has 18 heavy (non-hydrogen) atoms. The summed E-state index contributed by atoms with van der Waals surface area (Å²) in [4.78, 5) is 16.3. The Hall–Kier alpha value is -1.70. The first-order valence-corrected chi connectivity index (χ1v) is 6.34. The van der Waals surface area contributed by atoms with Crippen LogP contribution in [-0.4, -0.2) is 10.8 Å². The molecule has 0 saturated heterocycles. The number of carbonyl (C=O) groups is 1. The lowest BCUT2D eigenvalue weighted by atomic mass is 9.87. The standard InChI is InChI=1S/C16H19NO/c1-16(2,3)15(18)9-8-12-10-13-6-4-5-7-14(13)17-11-12/h4-7,10-11H,8-9H2,1-3H3. The predicted octanol–water partition coefficient (Wildman–Crippen LogP) is 3.78. The van der Waals surface area contributed by atoms with Gasteiger partial charge >= 0.3 is 0 Å². The number of para-hydroxylation sites is 1. The molecule has 0 aliphatic heterocycles. The second-order valence-electron chi connectivity index (χ2n) is 5.71. The van der Waals surface area contributed by atoms with Gasteiger partial charge in [0, 0.05) is 23.4 Å². The molecule has 2 aromatic rings. The van der Waals surface area contributed by atoms with Gasteiger partial charge in [0.25, 0.3) is 0 Å². The number of benzene rings is 1. The molecule has 0 atom stereocenters. The van der Waals surface area contributed by atoms with Gasteiger partial charge in [-0.05, 0) is 24.1 Å². The van der Waals surface area contributed by atoms with Crippen LogP contribution in [0.2, 0.25) is 0 Å². The van der Waals surface area contributed by atoms with Crippen molar-refractivity contribution in [2.24, 2.45) is 5.41 Å². The lowest BCUT2D eigenvalue weighted by molar-refractivity contribution is -0.126. The van der Waals surface area contributed by atoms with Gasteiger partial charge in [-0.25, -0.2) is 0 Å². The summed E-state index contributed by atoms with van der Waals surface area (Å²) in [6.07, 6.45) is 3.23. The monoisotopic (exact) mass is 241 g/mol. The average Bonchev–Trinajstić information content (AvgIpc) is 2.34. The Morgan fingerprint density at radius 3 is 2.67 bits per heavy atom. The maximum atomic E-state index is 11.9. The molecular weight excluding hydrogens is 222 g/mol. The Bertz CT molecular complexity index is 567. The molecule has 1 aromatic heterocycles. The highest BCUT2D eigenvalue weighted by Crippen LogP contribution is 2.19. The van der Waals surface area contributed by atoms with Crippen LogP contribution in [0.4, 0.5) is 0 Å². The van der Waals surface area contributed by atoms with Gasteiger partial charge in [-0.1, -0.05) is 39.0 Å². The number of fused-ring (bicyclic) bond motifs is 1. The molecule has 0 unspecified atom stereocenters. The summed E-state index contributed by atoms with van der Waals surface area (Å²) in [5.41, 5.74) is 1.89. The molecular formula is C16H19NO. The van der Waals surface area contributed by atoms with Gasteiger partial charge in [0.2, 0.25) is 0 Å². The third-order valence-electron chi connectivity index (χ3n) is 3.12. The second-order valence-corrected chi connectivity index (χ2v) is 5.71. The van der Waals surface area contributed by atoms with E-state index in [0.717, 1.165) is 22.9 Å². The van der Waals surface area contributed by atoms with Crippen molar-refractivity contribution in [3.8, 4) is 0 Å². The Morgan fingerprint density at radius 2 is 1.94 bits per heavy atom. The molecule has 0 radical (unpaired) electrons. The maximum Gasteiger partial charge on any atom is 0.138 e. The molecule has 0 saturated carbocycles. The molecule has 1 heterocycles. The summed E-state index contributed by atoms with van der Waals surface area (Å²) in [6.45, 7) is 5.90. The van der Waals surface area contributed by atoms with Crippen LogP contribution >= 0.6 is 0 Å². The van der Waals surface area contributed by atoms with Crippen molar-refractivity contribution in [3.05, 3.63) is 42.1 Å². The van der Waals surface area contributed by atoms with Gasteiger partial charge in [-0.15, -0.1) is 0 Å². The fraction of sp³-hybridized carbons (Fsp3) is 0.375. The van der Waals surface area contributed by atoms with Gasteiger partial charge in [0.15, 0.2) is 0 Å². The second kappa shape index (κ2) is 4.89. The van der Waals surface area contributed by atoms with Gasteiger partial charge in [0.1, 0.15) is 5.78 Å². The Morgan fingerprint density at radius 1 is 1.22 bits per heavy atom. The van der Waals surface area contributed by atoms with Crippen LogP contribution in [0.3, 0.4) is 0 Å². The molecule has 2 rings (SSSR count). The molecule has 0 N–H and O–H groups in total. The van der Waals surface area contributed by atoms with E-state index in [1.165, 1.54) is 0 Å². The molecule has 0 amide bonds. The minimum Gasteiger partial charge on any atom is -0.299 e. The van der Waals surface area contributed by atoms with Crippen molar-refractivity contribution >= 4 is 16.7 Å². The number of hydrogen-bond donors (Lipinski definition) is 0. The fourth-order valence-electron chi connectivity index (χ4n) is 1.89. The van der Waals surface area contributed by atoms with Crippen LogP contribution in [0.15, 0.2) is 36.5 Å². The minimum absolute atomic E-state index is 0.246. The van der Waals surface area contributed by atoms with Gasteiger partial charge in [0.05, 0.1) is 5.52 Å². The van der Waals surface area contributed by atoms with Crippen LogP contribution in [-0.2, 0) is 11.2 Å². The Balaban J connectivity index is 2.11. The minimum atomic E-state index is -0.246. The number of aryl methyl sites for hydroxylation is 1. The quantitative estimate of drug-likeness (QED) is 0.818. The first kappa shape index (κ1) is 12.7. The van der Waals surface area contributed by atoms with Crippen molar-refractivity contribution in [1.82, 2.24) is 4.98 Å². The summed E-state index contributed by atoms with van der Waals surface area (Å²) in [5.74, 6) is 0.302. The number of carbonyl (C=O) groups excluding carboxylic acids is 1. The van der Waals surface area contributed by atoms with Crippen LogP contribution < -0.4 is 0 Å². The van der Waals surface area contributed by atoms with E-state index < -0.39 is 0 Å². The molecule has 0 bridgehead atoms. The number of hydrogen-bond acceptors (Lipinski definition) is 2. The van der Waals surface area contributed by atoms with Gasteiger partial charge in [-0.2, -0.15) is 0 Å². The summed E-state index contributed by atoms with van der Waals surface area (Å²) in [6, 6.07) is 10.2. The third-order valence-corrected chi connectivity index (χ3v) is 3.12. The smallest absolute Gasteiger partial charge is 0.138 e. The molecule has 0 spiro atoms. The normalized spacial score (nSPS) is 11.7. The molecule has 2 nitrogen and oxygen atoms in total. The zero-order valence-electron chi connectivity index (χ0n) is 11.2. The van der Waals surface area contributed by atoms with Crippen molar-refractivity contribution < 1.29 is 4.79 Å². The van der Waals surface area contributed by atoms with Crippen molar-refractivity contribution in [2.75, 3.05) is 0 Å². The van der Waals surface area contributed by atoms with E-state index in [0.29, 0.717) is 12.2 Å². The number of Topliss-reactive ketones (excluding diaryl/α,β-unsaturated/α-hetero) is 1. The third kappa shape index (κ3) is 2.95. The average molecular weight is 241 g/mol. The van der Waals surface area contributed by atoms with Crippen LogP contribution in [0, 0.1) is 5.41 Å². The highest BCUT2D eigenvalue weighted by molar-refractivity contribution is 5.84. The fourth-order valence-corrected chi connectivity index (χ4v) is 1.89. The molecule has 94 valence electrons. The lowest BCUT2D eigenvalue weighted by Gasteiger charge is -2.16. The van der Waals surface area contributed by atoms with E-state index in [2.05, 4.69) is 17.1 Å². The van der Waals surface area contributed by atoms with E-state index in [4.69, 9.17) is 0 Å². The van der Waals surface area contributed by atoms with Crippen molar-refractivity contribution in [3.63, 3.8) is 0 Å². The number of pyridine rings is 1. The molecule has 0 fully saturated rings. The van der Waals surface area contributed by atoms with Gasteiger partial charge < -0.3 is 0 Å². The number of ketones is 1. The van der Waals surface area contributed by atoms with E-state index in [1.807, 2.05) is 45.2 Å². The number of rotatable bonds is 3. The first-order chi connectivity index (χ1) is 8.47. The van der Waals surface area contributed by atoms with Crippen LogP contribution in [0.25, 0.3) is 10.9 Å². The van der Waals surface area contributed by atoms with Crippen molar-refractivity contribution in [2.45, 2.75) is 33.6 Å². The summed E-state index contributed by atoms with van der Waals surface area (Å²) in [5, 5.41) is 1.14. The molecule has 0 aliphatic rings. The predicted molar refractivity (Wildman–Crippen MR) is 74.5 cm³/mol. The van der Waals surface area contributed by atoms with E-state index in [-0.39, 0.29) is 5.41 Å². The molecule has 2 heteroatoms. The molecule has 0 aliphatic carbocycles. The van der Waals surface area contributed by atoms with E-state index in [1.54, 1.807) is 0 Å². The summed E-state index contributed by atoms with van der Waals surface area (Å²) in [7, 11) is 0. The SMILES string of the molecule is CC(C)(C)C(=O)CCc1cnc2ccccc2c1. The van der Waals surface area contributed by atoms with Gasteiger partial charge in [-0.3, -0.25) is 9.78 Å². The highest BCUT2D eigenvalue weighted by Gasteiger charge is 2.20. The largest absolute Gasteiger partial charge is 0.299 e. The van der Waals surface area contributed by atoms with E-state index in [9.17, 15) is 4.79 Å². The number of aromatic nitrogens is 1. The highest BCUT2D eigenvalue weighted by atomic mass is 16.1.